The van der Waals surface area contributed by atoms with Gasteiger partial charge in [0.25, 0.3) is 0 Å². The monoisotopic (exact) mass is 331 g/mol. The molecule has 0 amide bonds. The van der Waals surface area contributed by atoms with Gasteiger partial charge < -0.3 is 10.6 Å². The molecule has 2 heterocycles. The van der Waals surface area contributed by atoms with Crippen LogP contribution in [0, 0.1) is 5.92 Å². The lowest BCUT2D eigenvalue weighted by molar-refractivity contribution is 0.261. The lowest BCUT2D eigenvalue weighted by Gasteiger charge is -2.20. The summed E-state index contributed by atoms with van der Waals surface area (Å²) in [7, 11) is 0. The molecule has 2 aliphatic heterocycles. The first-order valence-corrected chi connectivity index (χ1v) is 7.59. The molecule has 2 saturated heterocycles. The molecule has 3 rings (SSSR count). The van der Waals surface area contributed by atoms with Gasteiger partial charge in [0.1, 0.15) is 0 Å². The van der Waals surface area contributed by atoms with E-state index in [0.717, 1.165) is 18.2 Å². The van der Waals surface area contributed by atoms with Crippen LogP contribution < -0.4 is 5.73 Å². The second-order valence-electron chi connectivity index (χ2n) is 6.14. The van der Waals surface area contributed by atoms with E-state index in [0.29, 0.717) is 0 Å². The number of hydrogen-bond acceptors (Lipinski definition) is 3. The van der Waals surface area contributed by atoms with Crippen molar-refractivity contribution in [3.63, 3.8) is 0 Å². The Morgan fingerprint density at radius 2 is 1.81 bits per heavy atom. The maximum atomic E-state index is 5.84. The number of nitrogen functional groups attached to an aromatic ring is 1. The minimum absolute atomic E-state index is 0. The average Bonchev–Trinajstić information content (AvgIpc) is 3.02. The highest BCUT2D eigenvalue weighted by Crippen LogP contribution is 2.21. The third-order valence-electron chi connectivity index (χ3n) is 4.44. The summed E-state index contributed by atoms with van der Waals surface area (Å²) >= 11 is 0. The van der Waals surface area contributed by atoms with Crippen molar-refractivity contribution in [3.8, 4) is 0 Å². The van der Waals surface area contributed by atoms with E-state index in [4.69, 9.17) is 5.73 Å². The van der Waals surface area contributed by atoms with Crippen LogP contribution in [-0.4, -0.2) is 42.5 Å². The van der Waals surface area contributed by atoms with E-state index in [-0.39, 0.29) is 24.8 Å². The van der Waals surface area contributed by atoms with Crippen molar-refractivity contribution in [2.24, 2.45) is 5.92 Å². The van der Waals surface area contributed by atoms with Crippen LogP contribution >= 0.6 is 24.8 Å². The number of halogens is 2. The molecule has 120 valence electrons. The highest BCUT2D eigenvalue weighted by molar-refractivity contribution is 5.85. The SMILES string of the molecule is Cl.Cl.Nc1cccc(CN2CCC(CN3CCCC3)C2)c1. The van der Waals surface area contributed by atoms with Crippen LogP contribution in [0.25, 0.3) is 0 Å². The van der Waals surface area contributed by atoms with Crippen molar-refractivity contribution in [3.05, 3.63) is 29.8 Å². The fourth-order valence-electron chi connectivity index (χ4n) is 3.49. The van der Waals surface area contributed by atoms with Crippen molar-refractivity contribution in [2.45, 2.75) is 25.8 Å². The zero-order valence-corrected chi connectivity index (χ0v) is 14.2. The number of anilines is 1. The van der Waals surface area contributed by atoms with E-state index in [1.54, 1.807) is 0 Å². The highest BCUT2D eigenvalue weighted by Gasteiger charge is 2.25. The van der Waals surface area contributed by atoms with E-state index in [9.17, 15) is 0 Å². The Morgan fingerprint density at radius 3 is 2.52 bits per heavy atom. The molecule has 1 atom stereocenters. The number of nitrogens with zero attached hydrogens (tertiary/aromatic N) is 2. The topological polar surface area (TPSA) is 32.5 Å². The average molecular weight is 332 g/mol. The summed E-state index contributed by atoms with van der Waals surface area (Å²) in [5, 5.41) is 0. The molecule has 0 bridgehead atoms. The maximum Gasteiger partial charge on any atom is 0.0317 e. The maximum absolute atomic E-state index is 5.84. The Hall–Kier alpha value is -0.480. The van der Waals surface area contributed by atoms with Crippen molar-refractivity contribution >= 4 is 30.5 Å². The van der Waals surface area contributed by atoms with E-state index >= 15 is 0 Å². The van der Waals surface area contributed by atoms with Gasteiger partial charge in [-0.25, -0.2) is 0 Å². The summed E-state index contributed by atoms with van der Waals surface area (Å²) < 4.78 is 0. The minimum Gasteiger partial charge on any atom is -0.399 e. The molecule has 1 aromatic rings. The van der Waals surface area contributed by atoms with Crippen LogP contribution in [-0.2, 0) is 6.54 Å². The number of rotatable bonds is 4. The summed E-state index contributed by atoms with van der Waals surface area (Å²) in [6.07, 6.45) is 4.16. The fraction of sp³-hybridized carbons (Fsp3) is 0.625. The summed E-state index contributed by atoms with van der Waals surface area (Å²) in [5.41, 5.74) is 8.07. The van der Waals surface area contributed by atoms with Crippen molar-refractivity contribution in [1.82, 2.24) is 9.80 Å². The molecule has 0 aliphatic carbocycles. The van der Waals surface area contributed by atoms with Gasteiger partial charge in [-0.2, -0.15) is 0 Å². The molecule has 21 heavy (non-hydrogen) atoms. The summed E-state index contributed by atoms with van der Waals surface area (Å²) in [6, 6.07) is 8.31. The fourth-order valence-corrected chi connectivity index (χ4v) is 3.49. The first-order valence-electron chi connectivity index (χ1n) is 7.59. The zero-order valence-electron chi connectivity index (χ0n) is 12.5. The van der Waals surface area contributed by atoms with Crippen LogP contribution in [0.3, 0.4) is 0 Å². The zero-order chi connectivity index (χ0) is 13.1. The van der Waals surface area contributed by atoms with Crippen LogP contribution in [0.5, 0.6) is 0 Å². The van der Waals surface area contributed by atoms with Gasteiger partial charge in [-0.3, -0.25) is 4.90 Å². The van der Waals surface area contributed by atoms with Gasteiger partial charge in [-0.1, -0.05) is 12.1 Å². The predicted molar refractivity (Wildman–Crippen MR) is 94.4 cm³/mol. The Bertz CT molecular complexity index is 422. The van der Waals surface area contributed by atoms with Gasteiger partial charge in [0.05, 0.1) is 0 Å². The van der Waals surface area contributed by atoms with Gasteiger partial charge in [-0.15, -0.1) is 24.8 Å². The van der Waals surface area contributed by atoms with E-state index < -0.39 is 0 Å². The van der Waals surface area contributed by atoms with Crippen LogP contribution in [0.2, 0.25) is 0 Å². The molecule has 5 heteroatoms. The normalized spacial score (nSPS) is 22.8. The summed E-state index contributed by atoms with van der Waals surface area (Å²) in [6.45, 7) is 7.52. The number of likely N-dealkylation sites (tertiary alicyclic amines) is 2. The highest BCUT2D eigenvalue weighted by atomic mass is 35.5. The minimum atomic E-state index is 0. The first-order chi connectivity index (χ1) is 9.29. The number of nitrogens with two attached hydrogens (primary N) is 1. The third-order valence-corrected chi connectivity index (χ3v) is 4.44. The standard InChI is InChI=1S/C16H25N3.2ClH/c17-16-5-3-4-14(10-16)11-19-9-6-15(13-19)12-18-7-1-2-8-18;;/h3-5,10,15H,1-2,6-9,11-13,17H2;2*1H. The number of benzene rings is 1. The molecule has 0 spiro atoms. The molecule has 1 unspecified atom stereocenters. The van der Waals surface area contributed by atoms with Crippen LogP contribution in [0.15, 0.2) is 24.3 Å². The second-order valence-corrected chi connectivity index (χ2v) is 6.14. The smallest absolute Gasteiger partial charge is 0.0317 e. The Balaban J connectivity index is 0.00000110. The second kappa shape index (κ2) is 8.84. The van der Waals surface area contributed by atoms with Crippen molar-refractivity contribution in [2.75, 3.05) is 38.5 Å². The molecule has 2 N–H and O–H groups in total. The first kappa shape index (κ1) is 18.6. The molecular weight excluding hydrogens is 305 g/mol. The Morgan fingerprint density at radius 1 is 1.05 bits per heavy atom. The molecule has 0 saturated carbocycles. The Kier molecular flexibility index (Phi) is 7.82. The van der Waals surface area contributed by atoms with Gasteiger partial charge >= 0.3 is 0 Å². The lowest BCUT2D eigenvalue weighted by Crippen LogP contribution is -2.28. The van der Waals surface area contributed by atoms with Crippen LogP contribution in [0.4, 0.5) is 5.69 Å². The lowest BCUT2D eigenvalue weighted by atomic mass is 10.1. The number of hydrogen-bond donors (Lipinski definition) is 1. The van der Waals surface area contributed by atoms with Crippen LogP contribution in [0.1, 0.15) is 24.8 Å². The van der Waals surface area contributed by atoms with Crippen molar-refractivity contribution in [1.29, 1.82) is 0 Å². The molecule has 3 nitrogen and oxygen atoms in total. The summed E-state index contributed by atoms with van der Waals surface area (Å²) in [4.78, 5) is 5.23. The largest absolute Gasteiger partial charge is 0.399 e. The van der Waals surface area contributed by atoms with Gasteiger partial charge in [0.15, 0.2) is 0 Å². The van der Waals surface area contributed by atoms with E-state index in [2.05, 4.69) is 28.0 Å². The quantitative estimate of drug-likeness (QED) is 0.861. The molecular formula is C16H27Cl2N3. The molecule has 0 radical (unpaired) electrons. The summed E-state index contributed by atoms with van der Waals surface area (Å²) in [5.74, 6) is 0.874. The van der Waals surface area contributed by atoms with Gasteiger partial charge in [0, 0.05) is 25.3 Å². The van der Waals surface area contributed by atoms with Crippen molar-refractivity contribution < 1.29 is 0 Å². The molecule has 1 aromatic carbocycles. The van der Waals surface area contributed by atoms with E-state index in [1.165, 1.54) is 57.5 Å². The predicted octanol–water partition coefficient (Wildman–Crippen LogP) is 3.03. The third kappa shape index (κ3) is 5.33. The molecule has 2 aliphatic rings. The van der Waals surface area contributed by atoms with Gasteiger partial charge in [-0.05, 0) is 62.5 Å². The molecule has 2 fully saturated rings. The molecule has 0 aromatic heterocycles. The Labute approximate surface area is 140 Å². The van der Waals surface area contributed by atoms with E-state index in [1.807, 2.05) is 6.07 Å². The van der Waals surface area contributed by atoms with Gasteiger partial charge in [0.2, 0.25) is 0 Å².